The number of rotatable bonds is 8. The maximum absolute atomic E-state index is 12.7. The van der Waals surface area contributed by atoms with Gasteiger partial charge in [-0.1, -0.05) is 13.8 Å². The summed E-state index contributed by atoms with van der Waals surface area (Å²) in [5.74, 6) is -0.219. The van der Waals surface area contributed by atoms with Crippen LogP contribution in [0.3, 0.4) is 0 Å². The fourth-order valence-electron chi connectivity index (χ4n) is 2.78. The van der Waals surface area contributed by atoms with Crippen LogP contribution in [0.2, 0.25) is 0 Å². The van der Waals surface area contributed by atoms with Gasteiger partial charge in [0.2, 0.25) is 10.0 Å². The van der Waals surface area contributed by atoms with Gasteiger partial charge in [-0.25, -0.2) is 8.42 Å². The summed E-state index contributed by atoms with van der Waals surface area (Å²) in [6.45, 7) is 5.30. The van der Waals surface area contributed by atoms with E-state index in [9.17, 15) is 13.2 Å². The molecule has 1 aromatic heterocycles. The fourth-order valence-corrected chi connectivity index (χ4v) is 4.27. The third kappa shape index (κ3) is 3.86. The lowest BCUT2D eigenvalue weighted by Crippen LogP contribution is -2.30. The Kier molecular flexibility index (Phi) is 6.21. The number of ether oxygens (including phenoxy) is 1. The molecule has 1 aromatic carbocycles. The number of methoxy groups -OCH3 is 1. The number of aryl methyl sites for hydroxylation is 1. The number of carbonyl (C=O) groups is 1. The van der Waals surface area contributed by atoms with E-state index in [2.05, 4.69) is 5.32 Å². The maximum atomic E-state index is 12.7. The second kappa shape index (κ2) is 7.99. The van der Waals surface area contributed by atoms with E-state index in [-0.39, 0.29) is 10.8 Å². The SMILES string of the molecule is CCN(CC)S(=O)(=O)c1ccc2c(c1)cc(C(=O)NCCOC)n2C. The molecule has 1 N–H and O–H groups in total. The molecule has 0 saturated heterocycles. The van der Waals surface area contributed by atoms with Crippen molar-refractivity contribution in [2.45, 2.75) is 18.7 Å². The van der Waals surface area contributed by atoms with Crippen LogP contribution in [0.15, 0.2) is 29.2 Å². The van der Waals surface area contributed by atoms with Gasteiger partial charge in [0.05, 0.1) is 11.5 Å². The highest BCUT2D eigenvalue weighted by Crippen LogP contribution is 2.24. The van der Waals surface area contributed by atoms with Crippen LogP contribution in [-0.4, -0.2) is 56.5 Å². The number of hydrogen-bond donors (Lipinski definition) is 1. The van der Waals surface area contributed by atoms with E-state index in [1.165, 1.54) is 4.31 Å². The van der Waals surface area contributed by atoms with Crippen LogP contribution in [0.4, 0.5) is 0 Å². The minimum Gasteiger partial charge on any atom is -0.383 e. The van der Waals surface area contributed by atoms with Gasteiger partial charge in [-0.05, 0) is 24.3 Å². The van der Waals surface area contributed by atoms with Gasteiger partial charge in [0.1, 0.15) is 5.69 Å². The van der Waals surface area contributed by atoms with Gasteiger partial charge < -0.3 is 14.6 Å². The molecule has 0 aliphatic rings. The molecule has 0 radical (unpaired) electrons. The number of benzene rings is 1. The number of carbonyl (C=O) groups excluding carboxylic acids is 1. The standard InChI is InChI=1S/C17H25N3O4S/c1-5-20(6-2)25(22,23)14-7-8-15-13(11-14)12-16(19(15)3)17(21)18-9-10-24-4/h7-8,11-12H,5-6,9-10H2,1-4H3,(H,18,21). The Labute approximate surface area is 148 Å². The number of hydrogen-bond acceptors (Lipinski definition) is 4. The Morgan fingerprint density at radius 1 is 1.24 bits per heavy atom. The van der Waals surface area contributed by atoms with Crippen molar-refractivity contribution in [1.82, 2.24) is 14.2 Å². The fraction of sp³-hybridized carbons (Fsp3) is 0.471. The highest BCUT2D eigenvalue weighted by molar-refractivity contribution is 7.89. The first-order valence-electron chi connectivity index (χ1n) is 8.23. The average molecular weight is 367 g/mol. The van der Waals surface area contributed by atoms with Crippen molar-refractivity contribution in [3.05, 3.63) is 30.0 Å². The highest BCUT2D eigenvalue weighted by Gasteiger charge is 2.22. The maximum Gasteiger partial charge on any atom is 0.268 e. The van der Waals surface area contributed by atoms with Crippen LogP contribution in [0.25, 0.3) is 10.9 Å². The second-order valence-electron chi connectivity index (χ2n) is 5.65. The Morgan fingerprint density at radius 3 is 2.52 bits per heavy atom. The van der Waals surface area contributed by atoms with E-state index in [0.717, 1.165) is 5.52 Å². The smallest absolute Gasteiger partial charge is 0.268 e. The van der Waals surface area contributed by atoms with Gasteiger partial charge in [-0.15, -0.1) is 0 Å². The number of nitrogens with zero attached hydrogens (tertiary/aromatic N) is 2. The first-order chi connectivity index (χ1) is 11.9. The van der Waals surface area contributed by atoms with E-state index >= 15 is 0 Å². The van der Waals surface area contributed by atoms with Crippen LogP contribution in [0.5, 0.6) is 0 Å². The van der Waals surface area contributed by atoms with Gasteiger partial charge in [0.25, 0.3) is 5.91 Å². The molecule has 0 fully saturated rings. The zero-order chi connectivity index (χ0) is 18.6. The number of nitrogens with one attached hydrogen (secondary N) is 1. The molecular weight excluding hydrogens is 342 g/mol. The molecule has 25 heavy (non-hydrogen) atoms. The molecule has 0 aliphatic carbocycles. The van der Waals surface area contributed by atoms with Crippen molar-refractivity contribution in [3.63, 3.8) is 0 Å². The predicted octanol–water partition coefficient (Wildman–Crippen LogP) is 1.58. The molecule has 0 bridgehead atoms. The summed E-state index contributed by atoms with van der Waals surface area (Å²) in [6.07, 6.45) is 0. The highest BCUT2D eigenvalue weighted by atomic mass is 32.2. The third-order valence-corrected chi connectivity index (χ3v) is 6.23. The number of fused-ring (bicyclic) bond motifs is 1. The van der Waals surface area contributed by atoms with Gasteiger partial charge in [0, 0.05) is 44.7 Å². The Balaban J connectivity index is 2.40. The molecular formula is C17H25N3O4S. The van der Waals surface area contributed by atoms with E-state index in [1.807, 2.05) is 13.8 Å². The third-order valence-electron chi connectivity index (χ3n) is 4.18. The van der Waals surface area contributed by atoms with Gasteiger partial charge in [0.15, 0.2) is 0 Å². The van der Waals surface area contributed by atoms with E-state index in [0.29, 0.717) is 37.3 Å². The zero-order valence-corrected chi connectivity index (χ0v) is 15.9. The number of sulfonamides is 1. The predicted molar refractivity (Wildman–Crippen MR) is 97.2 cm³/mol. The van der Waals surface area contributed by atoms with Crippen molar-refractivity contribution in [3.8, 4) is 0 Å². The van der Waals surface area contributed by atoms with Crippen LogP contribution in [-0.2, 0) is 21.8 Å². The lowest BCUT2D eigenvalue weighted by Gasteiger charge is -2.18. The van der Waals surface area contributed by atoms with Crippen molar-refractivity contribution in [2.24, 2.45) is 7.05 Å². The van der Waals surface area contributed by atoms with Crippen molar-refractivity contribution < 1.29 is 17.9 Å². The summed E-state index contributed by atoms with van der Waals surface area (Å²) in [5, 5.41) is 3.49. The minimum absolute atomic E-state index is 0.219. The summed E-state index contributed by atoms with van der Waals surface area (Å²) in [6, 6.07) is 6.65. The molecule has 7 nitrogen and oxygen atoms in total. The van der Waals surface area contributed by atoms with Crippen LogP contribution >= 0.6 is 0 Å². The summed E-state index contributed by atoms with van der Waals surface area (Å²) in [4.78, 5) is 12.5. The van der Waals surface area contributed by atoms with E-state index < -0.39 is 10.0 Å². The summed E-state index contributed by atoms with van der Waals surface area (Å²) in [7, 11) is -0.173. The van der Waals surface area contributed by atoms with E-state index in [4.69, 9.17) is 4.74 Å². The Hall–Kier alpha value is -1.90. The van der Waals surface area contributed by atoms with Crippen LogP contribution in [0, 0.1) is 0 Å². The first kappa shape index (κ1) is 19.4. The summed E-state index contributed by atoms with van der Waals surface area (Å²) < 4.78 is 33.4. The van der Waals surface area contributed by atoms with Crippen LogP contribution in [0.1, 0.15) is 24.3 Å². The topological polar surface area (TPSA) is 80.6 Å². The van der Waals surface area contributed by atoms with Gasteiger partial charge in [-0.2, -0.15) is 4.31 Å². The van der Waals surface area contributed by atoms with Crippen molar-refractivity contribution >= 4 is 26.8 Å². The largest absolute Gasteiger partial charge is 0.383 e. The van der Waals surface area contributed by atoms with Crippen LogP contribution < -0.4 is 5.32 Å². The molecule has 0 atom stereocenters. The van der Waals surface area contributed by atoms with Crippen molar-refractivity contribution in [1.29, 1.82) is 0 Å². The molecule has 8 heteroatoms. The van der Waals surface area contributed by atoms with Gasteiger partial charge >= 0.3 is 0 Å². The van der Waals surface area contributed by atoms with Crippen molar-refractivity contribution in [2.75, 3.05) is 33.4 Å². The first-order valence-corrected chi connectivity index (χ1v) is 9.67. The van der Waals surface area contributed by atoms with Gasteiger partial charge in [-0.3, -0.25) is 4.79 Å². The normalized spacial score (nSPS) is 12.0. The Bertz CT molecular complexity index is 854. The summed E-state index contributed by atoms with van der Waals surface area (Å²) >= 11 is 0. The zero-order valence-electron chi connectivity index (χ0n) is 15.1. The molecule has 138 valence electrons. The molecule has 0 aliphatic heterocycles. The van der Waals surface area contributed by atoms with E-state index in [1.54, 1.807) is 43.0 Å². The minimum atomic E-state index is -3.53. The molecule has 1 amide bonds. The number of aromatic nitrogens is 1. The summed E-state index contributed by atoms with van der Waals surface area (Å²) in [5.41, 5.74) is 1.28. The quantitative estimate of drug-likeness (QED) is 0.719. The lowest BCUT2D eigenvalue weighted by atomic mass is 10.2. The molecule has 0 saturated carbocycles. The molecule has 1 heterocycles. The average Bonchev–Trinajstić information content (AvgIpc) is 2.92. The molecule has 0 spiro atoms. The monoisotopic (exact) mass is 367 g/mol. The second-order valence-corrected chi connectivity index (χ2v) is 7.59. The molecule has 0 unspecified atom stereocenters. The molecule has 2 aromatic rings. The number of amides is 1. The molecule has 2 rings (SSSR count). The lowest BCUT2D eigenvalue weighted by molar-refractivity contribution is 0.0929. The Morgan fingerprint density at radius 2 is 1.92 bits per heavy atom.